The van der Waals surface area contributed by atoms with Crippen molar-refractivity contribution in [1.82, 2.24) is 14.6 Å². The van der Waals surface area contributed by atoms with Crippen molar-refractivity contribution in [3.63, 3.8) is 0 Å². The Morgan fingerprint density at radius 1 is 1.08 bits per heavy atom. The fourth-order valence-corrected chi connectivity index (χ4v) is 3.06. The Bertz CT molecular complexity index is 1140. The van der Waals surface area contributed by atoms with Crippen LogP contribution in [0.5, 0.6) is 0 Å². The molecular formula is C19H11BrFN3O2. The van der Waals surface area contributed by atoms with Gasteiger partial charge in [0.1, 0.15) is 5.82 Å². The maximum Gasteiger partial charge on any atom is 0.354 e. The number of fused-ring (bicyclic) bond motifs is 1. The lowest BCUT2D eigenvalue weighted by atomic mass is 10.1. The van der Waals surface area contributed by atoms with E-state index in [-0.39, 0.29) is 5.69 Å². The van der Waals surface area contributed by atoms with Crippen LogP contribution in [0.4, 0.5) is 4.39 Å². The summed E-state index contributed by atoms with van der Waals surface area (Å²) < 4.78 is 16.5. The zero-order valence-corrected chi connectivity index (χ0v) is 14.8. The predicted molar refractivity (Wildman–Crippen MR) is 98.5 cm³/mol. The molecule has 0 aliphatic heterocycles. The lowest BCUT2D eigenvalue weighted by Gasteiger charge is -2.06. The number of rotatable bonds is 3. The number of nitrogens with zero attached hydrogens (tertiary/aromatic N) is 3. The molecule has 2 aromatic carbocycles. The van der Waals surface area contributed by atoms with Crippen molar-refractivity contribution >= 4 is 27.5 Å². The van der Waals surface area contributed by atoms with Gasteiger partial charge in [-0.2, -0.15) is 5.10 Å². The van der Waals surface area contributed by atoms with Crippen molar-refractivity contribution in [2.45, 2.75) is 0 Å². The number of halogens is 2. The second-order valence-electron chi connectivity index (χ2n) is 5.62. The highest BCUT2D eigenvalue weighted by atomic mass is 79.9. The number of hydrogen-bond donors (Lipinski definition) is 1. The highest BCUT2D eigenvalue weighted by molar-refractivity contribution is 9.10. The van der Waals surface area contributed by atoms with Gasteiger partial charge < -0.3 is 5.11 Å². The summed E-state index contributed by atoms with van der Waals surface area (Å²) in [6, 6.07) is 17.0. The SMILES string of the molecule is O=C(O)c1cc(-c2ccccc2)n2nc(-c3ccc(Br)cc3F)cc2n1. The van der Waals surface area contributed by atoms with E-state index in [9.17, 15) is 14.3 Å². The topological polar surface area (TPSA) is 67.5 Å². The third-order valence-electron chi connectivity index (χ3n) is 3.92. The van der Waals surface area contributed by atoms with Crippen molar-refractivity contribution in [2.24, 2.45) is 0 Å². The molecule has 0 aliphatic rings. The molecule has 0 spiro atoms. The number of benzene rings is 2. The first kappa shape index (κ1) is 16.4. The fourth-order valence-electron chi connectivity index (χ4n) is 2.73. The smallest absolute Gasteiger partial charge is 0.354 e. The van der Waals surface area contributed by atoms with E-state index in [1.54, 1.807) is 18.2 Å². The lowest BCUT2D eigenvalue weighted by molar-refractivity contribution is 0.0690. The van der Waals surface area contributed by atoms with E-state index >= 15 is 0 Å². The molecule has 0 atom stereocenters. The summed E-state index contributed by atoms with van der Waals surface area (Å²) >= 11 is 3.23. The van der Waals surface area contributed by atoms with Gasteiger partial charge in [0, 0.05) is 21.7 Å². The maximum absolute atomic E-state index is 14.3. The van der Waals surface area contributed by atoms with Gasteiger partial charge in [0.2, 0.25) is 0 Å². The van der Waals surface area contributed by atoms with Crippen LogP contribution in [-0.4, -0.2) is 25.7 Å². The summed E-state index contributed by atoms with van der Waals surface area (Å²) in [5, 5.41) is 13.8. The fraction of sp³-hybridized carbons (Fsp3) is 0. The van der Waals surface area contributed by atoms with Crippen LogP contribution in [0, 0.1) is 5.82 Å². The van der Waals surface area contributed by atoms with E-state index in [2.05, 4.69) is 26.0 Å². The third-order valence-corrected chi connectivity index (χ3v) is 4.42. The average molecular weight is 412 g/mol. The van der Waals surface area contributed by atoms with Gasteiger partial charge in [-0.05, 0) is 24.3 Å². The number of aromatic nitrogens is 3. The Morgan fingerprint density at radius 2 is 1.85 bits per heavy atom. The molecule has 0 bridgehead atoms. The van der Waals surface area contributed by atoms with Gasteiger partial charge in [0.15, 0.2) is 11.3 Å². The number of carbonyl (C=O) groups is 1. The molecule has 2 aromatic heterocycles. The first-order valence-corrected chi connectivity index (χ1v) is 8.47. The van der Waals surface area contributed by atoms with Gasteiger partial charge in [-0.15, -0.1) is 0 Å². The summed E-state index contributed by atoms with van der Waals surface area (Å²) in [5.74, 6) is -1.57. The molecule has 0 unspecified atom stereocenters. The van der Waals surface area contributed by atoms with Crippen LogP contribution in [0.2, 0.25) is 0 Å². The maximum atomic E-state index is 14.3. The molecule has 7 heteroatoms. The lowest BCUT2D eigenvalue weighted by Crippen LogP contribution is -2.05. The summed E-state index contributed by atoms with van der Waals surface area (Å²) in [6.45, 7) is 0. The van der Waals surface area contributed by atoms with Gasteiger partial charge in [0.05, 0.1) is 11.4 Å². The average Bonchev–Trinajstić information content (AvgIpc) is 3.05. The van der Waals surface area contributed by atoms with E-state index in [0.717, 1.165) is 5.56 Å². The Morgan fingerprint density at radius 3 is 2.54 bits per heavy atom. The second kappa shape index (κ2) is 6.34. The third kappa shape index (κ3) is 2.86. The minimum atomic E-state index is -1.14. The number of carboxylic acid groups (broad SMARTS) is 1. The van der Waals surface area contributed by atoms with E-state index in [1.165, 1.54) is 16.6 Å². The van der Waals surface area contributed by atoms with Gasteiger partial charge >= 0.3 is 5.97 Å². The molecule has 0 saturated heterocycles. The molecule has 0 radical (unpaired) electrons. The monoisotopic (exact) mass is 411 g/mol. The quantitative estimate of drug-likeness (QED) is 0.532. The minimum absolute atomic E-state index is 0.0981. The van der Waals surface area contributed by atoms with Crippen LogP contribution >= 0.6 is 15.9 Å². The molecule has 4 aromatic rings. The zero-order valence-electron chi connectivity index (χ0n) is 13.2. The van der Waals surface area contributed by atoms with E-state index in [4.69, 9.17) is 0 Å². The van der Waals surface area contributed by atoms with Gasteiger partial charge in [0.25, 0.3) is 0 Å². The van der Waals surface area contributed by atoms with Crippen LogP contribution in [-0.2, 0) is 0 Å². The molecule has 1 N–H and O–H groups in total. The molecule has 26 heavy (non-hydrogen) atoms. The largest absolute Gasteiger partial charge is 0.477 e. The Hall–Kier alpha value is -3.06. The standard InChI is InChI=1S/C19H11BrFN3O2/c20-12-6-7-13(14(21)8-12)15-10-18-22-16(19(25)26)9-17(24(18)23-15)11-4-2-1-3-5-11/h1-10H,(H,25,26). The highest BCUT2D eigenvalue weighted by Crippen LogP contribution is 2.28. The molecule has 4 rings (SSSR count). The number of carboxylic acids is 1. The zero-order chi connectivity index (χ0) is 18.3. The van der Waals surface area contributed by atoms with Gasteiger partial charge in [-0.3, -0.25) is 0 Å². The van der Waals surface area contributed by atoms with Crippen molar-refractivity contribution in [2.75, 3.05) is 0 Å². The molecule has 0 amide bonds. The number of hydrogen-bond acceptors (Lipinski definition) is 3. The van der Waals surface area contributed by atoms with Crippen molar-refractivity contribution in [3.8, 4) is 22.5 Å². The molecule has 0 fully saturated rings. The molecule has 0 aliphatic carbocycles. The molecule has 128 valence electrons. The van der Waals surface area contributed by atoms with E-state index in [1.807, 2.05) is 30.3 Å². The Labute approximate surface area is 155 Å². The predicted octanol–water partition coefficient (Wildman–Crippen LogP) is 4.66. The van der Waals surface area contributed by atoms with E-state index in [0.29, 0.717) is 27.1 Å². The normalized spacial score (nSPS) is 11.0. The van der Waals surface area contributed by atoms with Crippen molar-refractivity contribution in [1.29, 1.82) is 0 Å². The Balaban J connectivity index is 1.99. The molecular weight excluding hydrogens is 401 g/mol. The van der Waals surface area contributed by atoms with Crippen LogP contribution in [0.1, 0.15) is 10.5 Å². The van der Waals surface area contributed by atoms with Gasteiger partial charge in [-0.25, -0.2) is 18.7 Å². The second-order valence-corrected chi connectivity index (χ2v) is 6.54. The highest BCUT2D eigenvalue weighted by Gasteiger charge is 2.17. The number of aromatic carboxylic acids is 1. The first-order valence-electron chi connectivity index (χ1n) is 7.68. The van der Waals surface area contributed by atoms with Crippen molar-refractivity contribution in [3.05, 3.63) is 76.6 Å². The summed E-state index contributed by atoms with van der Waals surface area (Å²) in [6.07, 6.45) is 0. The first-order chi connectivity index (χ1) is 12.5. The summed E-state index contributed by atoms with van der Waals surface area (Å²) in [5.41, 5.74) is 2.28. The molecule has 2 heterocycles. The summed E-state index contributed by atoms with van der Waals surface area (Å²) in [4.78, 5) is 15.6. The minimum Gasteiger partial charge on any atom is -0.477 e. The van der Waals surface area contributed by atoms with Gasteiger partial charge in [-0.1, -0.05) is 46.3 Å². The van der Waals surface area contributed by atoms with Crippen molar-refractivity contribution < 1.29 is 14.3 Å². The molecule has 0 saturated carbocycles. The van der Waals surface area contributed by atoms with Crippen LogP contribution in [0.25, 0.3) is 28.2 Å². The van der Waals surface area contributed by atoms with Crippen LogP contribution in [0.15, 0.2) is 65.1 Å². The summed E-state index contributed by atoms with van der Waals surface area (Å²) in [7, 11) is 0. The van der Waals surface area contributed by atoms with Crippen LogP contribution in [0.3, 0.4) is 0 Å². The molecule has 5 nitrogen and oxygen atoms in total. The van der Waals surface area contributed by atoms with E-state index < -0.39 is 11.8 Å². The Kier molecular flexibility index (Phi) is 4.00. The van der Waals surface area contributed by atoms with Crippen LogP contribution < -0.4 is 0 Å².